The van der Waals surface area contributed by atoms with Crippen LogP contribution in [0.1, 0.15) is 101 Å². The minimum atomic E-state index is -2.65. The lowest BCUT2D eigenvalue weighted by molar-refractivity contribution is -0.204. The molecule has 10 N–H and O–H groups in total. The second-order valence-electron chi connectivity index (χ2n) is 23.7. The zero-order chi connectivity index (χ0) is 60.8. The number of aliphatic carboxylic acids is 3. The SMILES string of the molecule is CC[C@@H](CC(=O)O)C(=O)N[C@@H](CC(=O)O)C(=O)C[C@@H](CSSCC(=O)NNC(=O)[C@@]1(O)[C@H](O)[C@]2(CC)C=CCN3CC[C@@]4(c5cc([C@@]6(C(=O)OC)C[C@@H]7CN(CCc8c6[nH]c6ccccc86)C[C@](O)(CC)C7)c(OC)cc5N(C)[C@@H]14)[C@@H]32)C(=O)O. The van der Waals surface area contributed by atoms with E-state index >= 15 is 9.59 Å². The van der Waals surface area contributed by atoms with Crippen molar-refractivity contribution in [3.63, 3.8) is 0 Å². The van der Waals surface area contributed by atoms with Crippen molar-refractivity contribution >= 4 is 85.6 Å². The number of hydrazine groups is 1. The van der Waals surface area contributed by atoms with Crippen LogP contribution >= 0.6 is 21.6 Å². The molecule has 1 aliphatic carbocycles. The first kappa shape index (κ1) is 62.3. The van der Waals surface area contributed by atoms with E-state index in [4.69, 9.17) is 9.47 Å². The van der Waals surface area contributed by atoms with Gasteiger partial charge in [-0.1, -0.05) is 72.7 Å². The Hall–Kier alpha value is -6.22. The van der Waals surface area contributed by atoms with Gasteiger partial charge in [-0.25, -0.2) is 0 Å². The van der Waals surface area contributed by atoms with Crippen molar-refractivity contribution in [3.8, 4) is 5.75 Å². The number of rotatable bonds is 22. The van der Waals surface area contributed by atoms with Gasteiger partial charge < -0.3 is 55.3 Å². The smallest absolute Gasteiger partial charge is 0.322 e. The van der Waals surface area contributed by atoms with Crippen molar-refractivity contribution in [2.24, 2.45) is 23.2 Å². The largest absolute Gasteiger partial charge is 0.496 e. The second-order valence-corrected chi connectivity index (χ2v) is 26.2. The first-order valence-corrected chi connectivity index (χ1v) is 31.2. The molecule has 1 unspecified atom stereocenters. The van der Waals surface area contributed by atoms with Gasteiger partial charge in [-0.05, 0) is 80.7 Å². The Bertz CT molecular complexity index is 3140. The number of aliphatic hydroxyl groups excluding tert-OH is 1. The number of Topliss-reactive ketones (excluding diaryl/α,β-unsaturated/α-hetero) is 1. The Kier molecular flexibility index (Phi) is 18.0. The number of ether oxygens (including phenoxy) is 2. The summed E-state index contributed by atoms with van der Waals surface area (Å²) in [6.07, 6.45) is 2.47. The minimum absolute atomic E-state index is 0.0852. The normalized spacial score (nSPS) is 30.4. The predicted molar refractivity (Wildman–Crippen MR) is 311 cm³/mol. The number of esters is 1. The van der Waals surface area contributed by atoms with E-state index < -0.39 is 130 Å². The molecule has 456 valence electrons. The summed E-state index contributed by atoms with van der Waals surface area (Å²) in [5.74, 6) is -11.2. The molecule has 9 rings (SSSR count). The molecule has 2 aromatic carbocycles. The number of benzene rings is 2. The number of nitrogens with zero attached hydrogens (tertiary/aromatic N) is 3. The predicted octanol–water partition coefficient (Wildman–Crippen LogP) is 2.90. The third-order valence-corrected chi connectivity index (χ3v) is 21.6. The Balaban J connectivity index is 1.02. The quantitative estimate of drug-likeness (QED) is 0.0227. The summed E-state index contributed by atoms with van der Waals surface area (Å²) in [6.45, 7) is 8.21. The van der Waals surface area contributed by atoms with E-state index in [1.165, 1.54) is 14.2 Å². The molecule has 3 fully saturated rings. The Morgan fingerprint density at radius 1 is 0.869 bits per heavy atom. The van der Waals surface area contributed by atoms with Crippen LogP contribution in [0.15, 0.2) is 48.6 Å². The van der Waals surface area contributed by atoms with Gasteiger partial charge in [0.2, 0.25) is 11.8 Å². The number of ketones is 1. The number of carboxylic acid groups (broad SMARTS) is 3. The molecule has 6 heterocycles. The van der Waals surface area contributed by atoms with Crippen molar-refractivity contribution in [3.05, 3.63) is 70.9 Å². The number of piperidine rings is 1. The lowest BCUT2D eigenvalue weighted by Crippen LogP contribution is -2.82. The third kappa shape index (κ3) is 10.6. The summed E-state index contributed by atoms with van der Waals surface area (Å²) < 4.78 is 12.3. The summed E-state index contributed by atoms with van der Waals surface area (Å²) in [5, 5.41) is 70.6. The van der Waals surface area contributed by atoms with Gasteiger partial charge in [0.25, 0.3) is 5.91 Å². The molecule has 2 saturated heterocycles. The Morgan fingerprint density at radius 3 is 2.27 bits per heavy atom. The van der Waals surface area contributed by atoms with Crippen molar-refractivity contribution in [1.82, 2.24) is 31.0 Å². The number of methoxy groups -OCH3 is 2. The monoisotopic (exact) mass is 1200 g/mol. The number of H-pyrrole nitrogens is 1. The maximum atomic E-state index is 15.5. The molecule has 6 aliphatic rings. The molecule has 1 saturated carbocycles. The number of nitrogens with one attached hydrogen (secondary N) is 4. The highest BCUT2D eigenvalue weighted by atomic mass is 33.1. The molecular formula is C59H77N7O16S2. The van der Waals surface area contributed by atoms with E-state index in [0.717, 1.165) is 43.6 Å². The van der Waals surface area contributed by atoms with Gasteiger partial charge in [0.15, 0.2) is 11.4 Å². The lowest BCUT2D eigenvalue weighted by Gasteiger charge is -2.63. The van der Waals surface area contributed by atoms with Gasteiger partial charge in [0, 0.05) is 102 Å². The molecule has 84 heavy (non-hydrogen) atoms. The fourth-order valence-corrected chi connectivity index (χ4v) is 17.6. The van der Waals surface area contributed by atoms with Crippen LogP contribution in [0.3, 0.4) is 0 Å². The fourth-order valence-electron chi connectivity index (χ4n) is 15.5. The fraction of sp³-hybridized carbons (Fsp3) is 0.593. The molecule has 2 bridgehead atoms. The number of likely N-dealkylation sites (N-methyl/N-ethyl adjacent to an activating group) is 1. The third-order valence-electron chi connectivity index (χ3n) is 19.2. The molecular weight excluding hydrogens is 1130 g/mol. The van der Waals surface area contributed by atoms with Gasteiger partial charge in [-0.3, -0.25) is 59.0 Å². The maximum absolute atomic E-state index is 15.5. The number of carboxylic acids is 3. The van der Waals surface area contributed by atoms with E-state index in [-0.39, 0.29) is 36.7 Å². The van der Waals surface area contributed by atoms with Crippen LogP contribution in [0.2, 0.25) is 0 Å². The molecule has 3 amide bonds. The van der Waals surface area contributed by atoms with E-state index in [1.54, 1.807) is 18.9 Å². The summed E-state index contributed by atoms with van der Waals surface area (Å²) in [5.41, 5.74) is 1.46. The zero-order valence-electron chi connectivity index (χ0n) is 48.1. The second kappa shape index (κ2) is 24.3. The van der Waals surface area contributed by atoms with Crippen molar-refractivity contribution in [2.75, 3.05) is 70.4 Å². The summed E-state index contributed by atoms with van der Waals surface area (Å²) in [7, 11) is 6.44. The number of hydrogen-bond acceptors (Lipinski definition) is 18. The molecule has 23 nitrogen and oxygen atoms in total. The van der Waals surface area contributed by atoms with E-state index in [2.05, 4.69) is 31.0 Å². The van der Waals surface area contributed by atoms with Crippen molar-refractivity contribution in [2.45, 2.75) is 131 Å². The first-order valence-electron chi connectivity index (χ1n) is 28.7. The number of fused-ring (bicyclic) bond motifs is 6. The lowest BCUT2D eigenvalue weighted by atomic mass is 9.47. The minimum Gasteiger partial charge on any atom is -0.496 e. The molecule has 13 atom stereocenters. The molecule has 5 aliphatic heterocycles. The van der Waals surface area contributed by atoms with Gasteiger partial charge in [0.05, 0.1) is 56.4 Å². The number of aliphatic hydroxyl groups is 3. The molecule has 25 heteroatoms. The molecule has 1 aromatic heterocycles. The highest BCUT2D eigenvalue weighted by molar-refractivity contribution is 8.76. The van der Waals surface area contributed by atoms with Crippen LogP contribution in [-0.4, -0.2) is 194 Å². The van der Waals surface area contributed by atoms with Crippen LogP contribution in [0.4, 0.5) is 5.69 Å². The highest BCUT2D eigenvalue weighted by Crippen LogP contribution is 2.67. The number of aromatic amines is 1. The Morgan fingerprint density at radius 2 is 1.61 bits per heavy atom. The van der Waals surface area contributed by atoms with E-state index in [1.807, 2.05) is 62.4 Å². The average molecular weight is 1200 g/mol. The Labute approximate surface area is 494 Å². The molecule has 1 spiro atoms. The zero-order valence-corrected chi connectivity index (χ0v) is 49.7. The number of anilines is 1. The van der Waals surface area contributed by atoms with Gasteiger partial charge >= 0.3 is 23.9 Å². The van der Waals surface area contributed by atoms with E-state index in [0.29, 0.717) is 81.1 Å². The number of carbonyl (C=O) groups excluding carboxylic acids is 5. The number of para-hydroxylation sites is 1. The summed E-state index contributed by atoms with van der Waals surface area (Å²) in [6, 6.07) is 8.46. The van der Waals surface area contributed by atoms with Gasteiger partial charge in [-0.15, -0.1) is 0 Å². The standard InChI is InChI=1S/C59H77N7O16S2/c1-7-33(22-45(69)70)48(73)61-40(24-46(71)72)42(67)21-34(49(74)75)29-83-84-30-44(68)62-63-53(77)59(80)51-57(17-20-66-18-12-16-56(9-3,50(57)66)52(59)76)37-23-38(43(81-5)25-41(37)64(51)4)58(54(78)82-6)27-32-26-55(79,8-2)31-65(28-32)19-15-36-35-13-10-11-14-39(35)60-47(36)58/h10-14,16,23,25,32-34,40,50-52,60,76,79-80H,7-9,15,17-22,24,26-31H2,1-6H3,(H,61,73)(H,62,68)(H,63,77)(H,69,70)(H,71,72)(H,74,75)/t32-,33+,34+,40+,50+,51-,52-,55+,56-,57-,58+,59+/m1/s1. The van der Waals surface area contributed by atoms with Gasteiger partial charge in [-0.2, -0.15) is 0 Å². The summed E-state index contributed by atoms with van der Waals surface area (Å²) >= 11 is 0. The number of aromatic nitrogens is 1. The van der Waals surface area contributed by atoms with Crippen molar-refractivity contribution in [1.29, 1.82) is 0 Å². The van der Waals surface area contributed by atoms with Crippen LogP contribution in [0.5, 0.6) is 5.75 Å². The van der Waals surface area contributed by atoms with Crippen molar-refractivity contribution < 1.29 is 78.5 Å². The number of carbonyl (C=O) groups is 8. The average Bonchev–Trinajstić information content (AvgIpc) is 1.46. The van der Waals surface area contributed by atoms with Gasteiger partial charge in [0.1, 0.15) is 17.3 Å². The number of amides is 3. The topological polar surface area (TPSA) is 338 Å². The van der Waals surface area contributed by atoms with Crippen LogP contribution < -0.4 is 25.8 Å². The number of hydrogen-bond donors (Lipinski definition) is 10. The van der Waals surface area contributed by atoms with E-state index in [9.17, 15) is 59.4 Å². The highest BCUT2D eigenvalue weighted by Gasteiger charge is 2.79. The van der Waals surface area contributed by atoms with Crippen LogP contribution in [0, 0.1) is 23.2 Å². The molecule has 0 radical (unpaired) electrons. The van der Waals surface area contributed by atoms with Crippen LogP contribution in [0.25, 0.3) is 10.9 Å². The maximum Gasteiger partial charge on any atom is 0.322 e. The van der Waals surface area contributed by atoms with Crippen LogP contribution in [-0.2, 0) is 60.3 Å². The first-order chi connectivity index (χ1) is 39.9. The summed E-state index contributed by atoms with van der Waals surface area (Å²) in [4.78, 5) is 116. The molecule has 3 aromatic rings.